The zero-order valence-corrected chi connectivity index (χ0v) is 17.4. The van der Waals surface area contributed by atoms with Crippen molar-refractivity contribution in [1.29, 1.82) is 0 Å². The van der Waals surface area contributed by atoms with E-state index in [4.69, 9.17) is 0 Å². The Morgan fingerprint density at radius 2 is 0.773 bits per heavy atom. The monoisotopic (exact) mass is 366 g/mol. The van der Waals surface area contributed by atoms with E-state index in [9.17, 15) is 0 Å². The van der Waals surface area contributed by atoms with Gasteiger partial charge >= 0.3 is 29.6 Å². The maximum absolute atomic E-state index is 2.31. The molecule has 0 spiro atoms. The molecule has 0 saturated heterocycles. The summed E-state index contributed by atoms with van der Waals surface area (Å²) in [6, 6.07) is 9.16. The molecule has 0 aromatic carbocycles. The van der Waals surface area contributed by atoms with Crippen LogP contribution >= 0.6 is 45.3 Å². The molecule has 0 atom stereocenters. The molecule has 0 aliphatic carbocycles. The quantitative estimate of drug-likeness (QED) is 0.457. The number of hydrogen-bond acceptors (Lipinski definition) is 4. The van der Waals surface area contributed by atoms with Gasteiger partial charge in [0.1, 0.15) is 6.15 Å². The second-order valence-corrected chi connectivity index (χ2v) is 8.21. The van der Waals surface area contributed by atoms with E-state index >= 15 is 0 Å². The molecule has 0 saturated carbocycles. The molecule has 6 heteroatoms. The van der Waals surface area contributed by atoms with Crippen molar-refractivity contribution in [1.82, 2.24) is 0 Å². The van der Waals surface area contributed by atoms with Gasteiger partial charge in [-0.2, -0.15) is 67.2 Å². The van der Waals surface area contributed by atoms with E-state index in [2.05, 4.69) is 67.3 Å². The second-order valence-electron chi connectivity index (χ2n) is 5.09. The fourth-order valence-corrected chi connectivity index (χ4v) is 6.26. The van der Waals surface area contributed by atoms with Crippen LogP contribution in [0.2, 0.25) is 0 Å². The Morgan fingerprint density at radius 3 is 0.955 bits per heavy atom. The van der Waals surface area contributed by atoms with Gasteiger partial charge in [0.25, 0.3) is 0 Å². The van der Waals surface area contributed by atoms with Crippen molar-refractivity contribution >= 4 is 73.3 Å². The van der Waals surface area contributed by atoms with Crippen molar-refractivity contribution in [3.8, 4) is 0 Å². The molecule has 0 fully saturated rings. The molecule has 4 aromatic heterocycles. The Balaban J connectivity index is 0.00000144. The molecule has 4 aromatic rings. The molecule has 0 unspecified atom stereocenters. The van der Waals surface area contributed by atoms with Crippen molar-refractivity contribution in [2.75, 3.05) is 0 Å². The van der Waals surface area contributed by atoms with Crippen molar-refractivity contribution < 1.29 is 29.6 Å². The smallest absolute Gasteiger partial charge is 0.185 e. The summed E-state index contributed by atoms with van der Waals surface area (Å²) < 4.78 is 0. The van der Waals surface area contributed by atoms with Crippen LogP contribution in [-0.2, 0) is 0 Å². The molecule has 0 bridgehead atoms. The predicted molar refractivity (Wildman–Crippen MR) is 102 cm³/mol. The van der Waals surface area contributed by atoms with Crippen LogP contribution in [0.5, 0.6) is 0 Å². The van der Waals surface area contributed by atoms with Crippen LogP contribution in [0.4, 0.5) is 0 Å². The zero-order chi connectivity index (χ0) is 14.1. The molecule has 0 nitrogen and oxygen atoms in total. The van der Waals surface area contributed by atoms with E-state index in [1.54, 1.807) is 45.3 Å². The Labute approximate surface area is 168 Å². The van der Waals surface area contributed by atoms with Crippen molar-refractivity contribution in [3.05, 3.63) is 67.3 Å². The number of rotatable bonds is 4. The van der Waals surface area contributed by atoms with E-state index in [0.29, 0.717) is 0 Å². The summed E-state index contributed by atoms with van der Waals surface area (Å²) >= 11 is 7.14. The van der Waals surface area contributed by atoms with Gasteiger partial charge in [-0.25, -0.2) is 0 Å². The zero-order valence-electron chi connectivity index (χ0n) is 12.1. The average molecular weight is 366 g/mol. The first-order valence-corrected chi connectivity index (χ1v) is 10.5. The van der Waals surface area contributed by atoms with Gasteiger partial charge in [0.15, 0.2) is 0 Å². The summed E-state index contributed by atoms with van der Waals surface area (Å²) in [4.78, 5) is 0. The van der Waals surface area contributed by atoms with Crippen LogP contribution in [0.15, 0.2) is 67.3 Å². The van der Waals surface area contributed by atoms with Crippen LogP contribution in [0.3, 0.4) is 0 Å². The molecule has 0 aliphatic heterocycles. The molecule has 22 heavy (non-hydrogen) atoms. The molecule has 0 N–H and O–H groups in total. The third-order valence-electron chi connectivity index (χ3n) is 4.17. The summed E-state index contributed by atoms with van der Waals surface area (Å²) in [5, 5.41) is 18.0. The van der Waals surface area contributed by atoms with Crippen LogP contribution in [0.1, 0.15) is 0 Å². The summed E-state index contributed by atoms with van der Waals surface area (Å²) in [7, 11) is 0. The molecule has 0 aliphatic rings. The van der Waals surface area contributed by atoms with Crippen molar-refractivity contribution in [3.63, 3.8) is 0 Å². The van der Waals surface area contributed by atoms with Crippen LogP contribution in [0, 0.1) is 0 Å². The van der Waals surface area contributed by atoms with Gasteiger partial charge in [-0.3, -0.25) is 0 Å². The minimum absolute atomic E-state index is 0. The fourth-order valence-electron chi connectivity index (χ4n) is 3.24. The van der Waals surface area contributed by atoms with Crippen LogP contribution in [0.25, 0.3) is 0 Å². The minimum atomic E-state index is -1.01. The molecule has 0 amide bonds. The largest absolute Gasteiger partial charge is 1.00 e. The normalized spacial score (nSPS) is 11.3. The summed E-state index contributed by atoms with van der Waals surface area (Å²) in [5.74, 6) is 0. The maximum Gasteiger partial charge on any atom is 1.00 e. The summed E-state index contributed by atoms with van der Waals surface area (Å²) in [5.41, 5.74) is 5.70. The molecule has 4 rings (SSSR count). The van der Waals surface area contributed by atoms with Crippen molar-refractivity contribution in [2.24, 2.45) is 0 Å². The third-order valence-corrected chi connectivity index (χ3v) is 6.98. The number of thiophene rings is 4. The van der Waals surface area contributed by atoms with Gasteiger partial charge in [-0.15, -0.1) is 0 Å². The first-order valence-electron chi connectivity index (χ1n) is 6.68. The Morgan fingerprint density at radius 1 is 0.500 bits per heavy atom. The van der Waals surface area contributed by atoms with Gasteiger partial charge in [0, 0.05) is 0 Å². The maximum atomic E-state index is 2.31. The Kier molecular flexibility index (Phi) is 5.45. The third kappa shape index (κ3) is 2.63. The van der Waals surface area contributed by atoms with Crippen molar-refractivity contribution in [2.45, 2.75) is 0 Å². The minimum Gasteiger partial charge on any atom is -0.185 e. The van der Waals surface area contributed by atoms with E-state index in [0.717, 1.165) is 0 Å². The van der Waals surface area contributed by atoms with Gasteiger partial charge in [-0.1, -0.05) is 24.3 Å². The SMILES string of the molecule is [Na+].c1cc([B-](c2ccsc2)(c2ccsc2)c2ccsc2)cs1. The Bertz CT molecular complexity index is 644. The summed E-state index contributed by atoms with van der Waals surface area (Å²) in [6.45, 7) is 0. The molecular weight excluding hydrogens is 354 g/mol. The van der Waals surface area contributed by atoms with Gasteiger partial charge < -0.3 is 0 Å². The molecule has 104 valence electrons. The van der Waals surface area contributed by atoms with Gasteiger partial charge in [0.05, 0.1) is 0 Å². The fraction of sp³-hybridized carbons (Fsp3) is 0. The topological polar surface area (TPSA) is 0 Å². The molecule has 0 radical (unpaired) electrons. The first kappa shape index (κ1) is 16.7. The van der Waals surface area contributed by atoms with Crippen LogP contribution in [-0.4, -0.2) is 6.15 Å². The second kappa shape index (κ2) is 7.18. The first-order chi connectivity index (χ1) is 10.4. The van der Waals surface area contributed by atoms with E-state index in [-0.39, 0.29) is 29.6 Å². The number of hydrogen-bond donors (Lipinski definition) is 0. The molecular formula is C16H12BNaS4. The van der Waals surface area contributed by atoms with E-state index in [1.165, 1.54) is 21.9 Å². The summed E-state index contributed by atoms with van der Waals surface area (Å²) in [6.07, 6.45) is -1.01. The van der Waals surface area contributed by atoms with Crippen LogP contribution < -0.4 is 51.4 Å². The average Bonchev–Trinajstić information content (AvgIpc) is 3.32. The molecule has 4 heterocycles. The predicted octanol–water partition coefficient (Wildman–Crippen LogP) is 0.314. The van der Waals surface area contributed by atoms with Gasteiger partial charge in [0.2, 0.25) is 0 Å². The Hall–Kier alpha value is -0.135. The standard InChI is InChI=1S/C16H12BS4.Na/c1-5-18-9-13(1)17(14-2-6-19-10-14,15-3-7-20-11-15)16-4-8-21-12-16;/h1-12H;/q-1;+1. The van der Waals surface area contributed by atoms with Gasteiger partial charge in [-0.05, 0) is 43.0 Å². The van der Waals surface area contributed by atoms with E-state index in [1.807, 2.05) is 0 Å². The van der Waals surface area contributed by atoms with E-state index < -0.39 is 6.15 Å².